The summed E-state index contributed by atoms with van der Waals surface area (Å²) in [5.74, 6) is 0. The van der Waals surface area contributed by atoms with Gasteiger partial charge in [0, 0.05) is 12.6 Å². The van der Waals surface area contributed by atoms with E-state index in [2.05, 4.69) is 10.0 Å². The van der Waals surface area contributed by atoms with Crippen molar-refractivity contribution in [1.82, 2.24) is 14.8 Å². The maximum absolute atomic E-state index is 11.7. The summed E-state index contributed by atoms with van der Waals surface area (Å²) in [6.45, 7) is -0.456. The summed E-state index contributed by atoms with van der Waals surface area (Å²) in [6, 6.07) is -0.337. The molecule has 0 saturated carbocycles. The Hall–Kier alpha value is -0.380. The van der Waals surface area contributed by atoms with Crippen LogP contribution in [-0.2, 0) is 10.2 Å². The van der Waals surface area contributed by atoms with Gasteiger partial charge in [0.1, 0.15) is 6.54 Å². The van der Waals surface area contributed by atoms with Gasteiger partial charge in [0.05, 0.1) is 0 Å². The van der Waals surface area contributed by atoms with Gasteiger partial charge in [-0.3, -0.25) is 0 Å². The normalized spacial score (nSPS) is 23.3. The van der Waals surface area contributed by atoms with Gasteiger partial charge in [0.15, 0.2) is 0 Å². The van der Waals surface area contributed by atoms with Gasteiger partial charge in [-0.25, -0.2) is 0 Å². The van der Waals surface area contributed by atoms with Crippen LogP contribution in [0.5, 0.6) is 0 Å². The van der Waals surface area contributed by atoms with E-state index in [1.54, 1.807) is 0 Å². The summed E-state index contributed by atoms with van der Waals surface area (Å²) < 4.78 is 60.9. The van der Waals surface area contributed by atoms with Gasteiger partial charge in [-0.2, -0.15) is 31.0 Å². The van der Waals surface area contributed by atoms with Crippen molar-refractivity contribution in [3.63, 3.8) is 0 Å². The molecule has 0 bridgehead atoms. The van der Waals surface area contributed by atoms with Gasteiger partial charge >= 0.3 is 6.18 Å². The van der Waals surface area contributed by atoms with Crippen molar-refractivity contribution in [3.05, 3.63) is 0 Å². The van der Waals surface area contributed by atoms with Crippen LogP contribution in [0.2, 0.25) is 0 Å². The van der Waals surface area contributed by atoms with E-state index in [4.69, 9.17) is 0 Å². The molecule has 1 rings (SSSR count). The molecule has 0 aromatic rings. The molecular weight excluding hydrogens is 235 g/mol. The third-order valence-corrected chi connectivity index (χ3v) is 3.01. The Morgan fingerprint density at radius 3 is 2.53 bits per heavy atom. The second kappa shape index (κ2) is 4.64. The minimum absolute atomic E-state index is 0.337. The van der Waals surface area contributed by atoms with E-state index in [1.807, 2.05) is 0 Å². The molecule has 15 heavy (non-hydrogen) atoms. The van der Waals surface area contributed by atoms with Gasteiger partial charge < -0.3 is 5.32 Å². The van der Waals surface area contributed by atoms with Gasteiger partial charge in [0.2, 0.25) is 0 Å². The van der Waals surface area contributed by atoms with Crippen molar-refractivity contribution in [1.29, 1.82) is 0 Å². The quantitative estimate of drug-likeness (QED) is 0.617. The average Bonchev–Trinajstić information content (AvgIpc) is 2.52. The lowest BCUT2D eigenvalue weighted by molar-refractivity contribution is -0.121. The zero-order valence-corrected chi connectivity index (χ0v) is 8.58. The van der Waals surface area contributed by atoms with Crippen molar-refractivity contribution in [2.45, 2.75) is 18.6 Å². The highest BCUT2D eigenvalue weighted by Gasteiger charge is 2.30. The fraction of sp³-hybridized carbons (Fsp3) is 1.00. The summed E-state index contributed by atoms with van der Waals surface area (Å²) >= 11 is 0. The highest BCUT2D eigenvalue weighted by Crippen LogP contribution is 2.12. The molecule has 0 radical (unpaired) electrons. The predicted octanol–water partition coefficient (Wildman–Crippen LogP) is -0.665. The monoisotopic (exact) mass is 247 g/mol. The van der Waals surface area contributed by atoms with Crippen LogP contribution in [0.1, 0.15) is 6.42 Å². The molecule has 1 saturated heterocycles. The summed E-state index contributed by atoms with van der Waals surface area (Å²) in [5.41, 5.74) is 0. The third-order valence-electron chi connectivity index (χ3n) is 1.84. The van der Waals surface area contributed by atoms with Crippen LogP contribution in [-0.4, -0.2) is 40.3 Å². The maximum atomic E-state index is 11.7. The Balaban J connectivity index is 2.38. The second-order valence-electron chi connectivity index (χ2n) is 3.25. The Morgan fingerprint density at radius 2 is 2.07 bits per heavy atom. The summed E-state index contributed by atoms with van der Waals surface area (Å²) in [7, 11) is -4.06. The number of hydrogen-bond donors (Lipinski definition) is 3. The fourth-order valence-corrected chi connectivity index (χ4v) is 2.27. The predicted molar refractivity (Wildman–Crippen MR) is 47.4 cm³/mol. The fourth-order valence-electron chi connectivity index (χ4n) is 1.19. The molecule has 1 heterocycles. The number of rotatable bonds is 4. The molecule has 1 aliphatic heterocycles. The molecular formula is C6H12F3N3O2S. The van der Waals surface area contributed by atoms with Gasteiger partial charge in [-0.05, 0) is 13.0 Å². The van der Waals surface area contributed by atoms with E-state index in [1.165, 1.54) is 4.72 Å². The van der Waals surface area contributed by atoms with Crippen molar-refractivity contribution in [2.24, 2.45) is 0 Å². The van der Waals surface area contributed by atoms with E-state index in [9.17, 15) is 21.6 Å². The summed E-state index contributed by atoms with van der Waals surface area (Å²) in [6.07, 6.45) is -3.96. The largest absolute Gasteiger partial charge is 0.402 e. The molecule has 9 heteroatoms. The Morgan fingerprint density at radius 1 is 1.40 bits per heavy atom. The Labute approximate surface area is 85.6 Å². The summed E-state index contributed by atoms with van der Waals surface area (Å²) in [4.78, 5) is 0. The number of hydrogen-bond acceptors (Lipinski definition) is 3. The SMILES string of the molecule is O=S(=O)(NCC(F)(F)F)NC1CCNC1. The van der Waals surface area contributed by atoms with E-state index >= 15 is 0 Å². The minimum Gasteiger partial charge on any atom is -0.315 e. The van der Waals surface area contributed by atoms with Crippen molar-refractivity contribution >= 4 is 10.2 Å². The molecule has 0 spiro atoms. The molecule has 0 aromatic carbocycles. The van der Waals surface area contributed by atoms with Crippen LogP contribution in [0, 0.1) is 0 Å². The summed E-state index contributed by atoms with van der Waals surface area (Å²) in [5, 5.41) is 2.89. The van der Waals surface area contributed by atoms with E-state index < -0.39 is 22.9 Å². The zero-order valence-electron chi connectivity index (χ0n) is 7.76. The Bertz CT molecular complexity index is 297. The maximum Gasteiger partial charge on any atom is 0.402 e. The second-order valence-corrected chi connectivity index (χ2v) is 4.78. The van der Waals surface area contributed by atoms with Crippen molar-refractivity contribution in [2.75, 3.05) is 19.6 Å². The smallest absolute Gasteiger partial charge is 0.315 e. The minimum atomic E-state index is -4.54. The van der Waals surface area contributed by atoms with Crippen LogP contribution in [0.25, 0.3) is 0 Å². The van der Waals surface area contributed by atoms with E-state index in [0.29, 0.717) is 19.5 Å². The molecule has 1 aliphatic rings. The molecule has 90 valence electrons. The van der Waals surface area contributed by atoms with E-state index in [0.717, 1.165) is 0 Å². The average molecular weight is 247 g/mol. The van der Waals surface area contributed by atoms with Gasteiger partial charge in [0.25, 0.3) is 10.2 Å². The standard InChI is InChI=1S/C6H12F3N3O2S/c7-6(8,9)4-11-15(13,14)12-5-1-2-10-3-5/h5,10-12H,1-4H2. The van der Waals surface area contributed by atoms with Gasteiger partial charge in [-0.1, -0.05) is 0 Å². The number of halogens is 3. The van der Waals surface area contributed by atoms with Crippen molar-refractivity contribution in [3.8, 4) is 0 Å². The molecule has 0 aliphatic carbocycles. The van der Waals surface area contributed by atoms with Crippen LogP contribution in [0.4, 0.5) is 13.2 Å². The highest BCUT2D eigenvalue weighted by atomic mass is 32.2. The highest BCUT2D eigenvalue weighted by molar-refractivity contribution is 7.87. The topological polar surface area (TPSA) is 70.2 Å². The Kier molecular flexibility index (Phi) is 3.93. The lowest BCUT2D eigenvalue weighted by Gasteiger charge is -2.13. The lowest BCUT2D eigenvalue weighted by atomic mass is 10.3. The molecule has 1 atom stereocenters. The third kappa shape index (κ3) is 5.30. The van der Waals surface area contributed by atoms with Crippen LogP contribution in [0.15, 0.2) is 0 Å². The van der Waals surface area contributed by atoms with Gasteiger partial charge in [-0.15, -0.1) is 0 Å². The molecule has 1 fully saturated rings. The first-order valence-electron chi connectivity index (χ1n) is 4.33. The van der Waals surface area contributed by atoms with Crippen LogP contribution < -0.4 is 14.8 Å². The van der Waals surface area contributed by atoms with Crippen LogP contribution >= 0.6 is 0 Å². The number of nitrogens with one attached hydrogen (secondary N) is 3. The van der Waals surface area contributed by atoms with E-state index in [-0.39, 0.29) is 6.04 Å². The molecule has 1 unspecified atom stereocenters. The number of alkyl halides is 3. The first kappa shape index (κ1) is 12.7. The zero-order chi connectivity index (χ0) is 11.5. The lowest BCUT2D eigenvalue weighted by Crippen LogP contribution is -2.46. The first-order chi connectivity index (χ1) is 6.79. The van der Waals surface area contributed by atoms with Crippen LogP contribution in [0.3, 0.4) is 0 Å². The molecule has 5 nitrogen and oxygen atoms in total. The van der Waals surface area contributed by atoms with Crippen molar-refractivity contribution < 1.29 is 21.6 Å². The molecule has 3 N–H and O–H groups in total. The first-order valence-corrected chi connectivity index (χ1v) is 5.81. The molecule has 0 amide bonds. The molecule has 0 aromatic heterocycles.